The van der Waals surface area contributed by atoms with Gasteiger partial charge in [-0.3, -0.25) is 14.7 Å². The average molecular weight is 449 g/mol. The predicted molar refractivity (Wildman–Crippen MR) is 128 cm³/mol. The van der Waals surface area contributed by atoms with Crippen LogP contribution in [-0.2, 0) is 32.6 Å². The minimum atomic E-state index is -0.596. The Hall–Kier alpha value is -3.09. The molecule has 33 heavy (non-hydrogen) atoms. The maximum atomic E-state index is 13.9. The summed E-state index contributed by atoms with van der Waals surface area (Å²) < 4.78 is 5.21. The van der Waals surface area contributed by atoms with Crippen LogP contribution in [-0.4, -0.2) is 40.2 Å². The molecule has 0 fully saturated rings. The zero-order valence-corrected chi connectivity index (χ0v) is 19.7. The van der Waals surface area contributed by atoms with Crippen LogP contribution in [0.4, 0.5) is 5.69 Å². The molecule has 0 bridgehead atoms. The number of esters is 1. The first-order valence-electron chi connectivity index (χ1n) is 12.2. The Bertz CT molecular complexity index is 1220. The molecule has 1 aliphatic heterocycles. The Kier molecular flexibility index (Phi) is 5.51. The maximum absolute atomic E-state index is 13.9. The minimum absolute atomic E-state index is 0.0313. The van der Waals surface area contributed by atoms with Gasteiger partial charge in [0, 0.05) is 16.6 Å². The summed E-state index contributed by atoms with van der Waals surface area (Å²) in [5.41, 5.74) is 6.99. The summed E-state index contributed by atoms with van der Waals surface area (Å²) >= 11 is 0. The van der Waals surface area contributed by atoms with Gasteiger partial charge in [0.1, 0.15) is 6.54 Å². The van der Waals surface area contributed by atoms with Gasteiger partial charge < -0.3 is 14.6 Å². The van der Waals surface area contributed by atoms with E-state index in [2.05, 4.69) is 41.2 Å². The van der Waals surface area contributed by atoms with E-state index in [1.165, 1.54) is 11.1 Å². The average Bonchev–Trinajstić information content (AvgIpc) is 3.42. The van der Waals surface area contributed by atoms with Gasteiger partial charge in [0.05, 0.1) is 29.6 Å². The molecule has 2 aromatic heterocycles. The van der Waals surface area contributed by atoms with E-state index in [9.17, 15) is 9.59 Å². The van der Waals surface area contributed by atoms with Crippen LogP contribution in [0.5, 0.6) is 0 Å². The fourth-order valence-electron chi connectivity index (χ4n) is 5.98. The SMILES string of the molecule is CCCC1(CCC)C(=O)N(CC(=O)OCC)c2cc3c4c([nH]c3cc21)-c1[nH]ncc1CCC4. The van der Waals surface area contributed by atoms with E-state index in [0.717, 1.165) is 78.5 Å². The molecule has 2 aliphatic rings. The van der Waals surface area contributed by atoms with Crippen molar-refractivity contribution in [2.45, 2.75) is 71.1 Å². The summed E-state index contributed by atoms with van der Waals surface area (Å²) in [5, 5.41) is 8.57. The van der Waals surface area contributed by atoms with Gasteiger partial charge in [-0.1, -0.05) is 26.7 Å². The Morgan fingerprint density at radius 3 is 2.67 bits per heavy atom. The highest BCUT2D eigenvalue weighted by Gasteiger charge is 2.50. The van der Waals surface area contributed by atoms with Gasteiger partial charge in [-0.25, -0.2) is 0 Å². The molecular weight excluding hydrogens is 416 g/mol. The van der Waals surface area contributed by atoms with Crippen molar-refractivity contribution in [1.82, 2.24) is 15.2 Å². The van der Waals surface area contributed by atoms with Crippen LogP contribution in [0.3, 0.4) is 0 Å². The standard InChI is InChI=1S/C26H32N4O3/c1-4-10-26(11-5-2)19-13-20-18(12-21(19)30(25(26)32)15-22(31)33-6-3)17-9-7-8-16-14-27-29-23(16)24(17)28-20/h12-14,28H,4-11,15H2,1-3H3,(H,27,29). The van der Waals surface area contributed by atoms with Crippen molar-refractivity contribution < 1.29 is 14.3 Å². The van der Waals surface area contributed by atoms with Gasteiger partial charge in [0.2, 0.25) is 5.91 Å². The van der Waals surface area contributed by atoms with E-state index in [-0.39, 0.29) is 18.4 Å². The summed E-state index contributed by atoms with van der Waals surface area (Å²) in [5.74, 6) is -0.334. The topological polar surface area (TPSA) is 91.1 Å². The Balaban J connectivity index is 1.71. The lowest BCUT2D eigenvalue weighted by atomic mass is 9.74. The van der Waals surface area contributed by atoms with Crippen molar-refractivity contribution in [3.63, 3.8) is 0 Å². The highest BCUT2D eigenvalue weighted by Crippen LogP contribution is 2.50. The number of hydrogen-bond donors (Lipinski definition) is 2. The van der Waals surface area contributed by atoms with Crippen molar-refractivity contribution in [1.29, 1.82) is 0 Å². The molecule has 7 nitrogen and oxygen atoms in total. The van der Waals surface area contributed by atoms with Crippen LogP contribution in [0.25, 0.3) is 22.3 Å². The second kappa shape index (κ2) is 8.36. The van der Waals surface area contributed by atoms with E-state index in [1.54, 1.807) is 11.8 Å². The van der Waals surface area contributed by atoms with Gasteiger partial charge in [-0.15, -0.1) is 0 Å². The molecule has 0 spiro atoms. The number of amides is 1. The molecular formula is C26H32N4O3. The van der Waals surface area contributed by atoms with Gasteiger partial charge in [-0.2, -0.15) is 5.10 Å². The summed E-state index contributed by atoms with van der Waals surface area (Å²) in [6.07, 6.45) is 8.24. The first kappa shape index (κ1) is 21.7. The van der Waals surface area contributed by atoms with Gasteiger partial charge in [0.15, 0.2) is 0 Å². The number of nitrogens with zero attached hydrogens (tertiary/aromatic N) is 2. The Labute approximate surface area is 193 Å². The van der Waals surface area contributed by atoms with Crippen molar-refractivity contribution in [2.75, 3.05) is 18.1 Å². The van der Waals surface area contributed by atoms with Crippen molar-refractivity contribution >= 4 is 28.5 Å². The highest BCUT2D eigenvalue weighted by atomic mass is 16.5. The third kappa shape index (κ3) is 3.28. The van der Waals surface area contributed by atoms with E-state index >= 15 is 0 Å². The van der Waals surface area contributed by atoms with Crippen LogP contribution in [0, 0.1) is 0 Å². The monoisotopic (exact) mass is 448 g/mol. The number of ether oxygens (including phenoxy) is 1. The third-order valence-corrected chi connectivity index (χ3v) is 7.27. The Morgan fingerprint density at radius 2 is 1.94 bits per heavy atom. The summed E-state index contributed by atoms with van der Waals surface area (Å²) in [6, 6.07) is 4.30. The zero-order valence-electron chi connectivity index (χ0n) is 19.7. The number of anilines is 1. The molecule has 1 aromatic carbocycles. The molecule has 2 N–H and O–H groups in total. The third-order valence-electron chi connectivity index (χ3n) is 7.27. The molecule has 174 valence electrons. The first-order chi connectivity index (χ1) is 16.0. The number of carbonyl (C=O) groups excluding carboxylic acids is 2. The number of aromatic amines is 2. The lowest BCUT2D eigenvalue weighted by Crippen LogP contribution is -2.42. The first-order valence-corrected chi connectivity index (χ1v) is 12.2. The summed E-state index contributed by atoms with van der Waals surface area (Å²) in [4.78, 5) is 31.6. The van der Waals surface area contributed by atoms with Crippen LogP contribution in [0.1, 0.15) is 69.6 Å². The molecule has 5 rings (SSSR count). The molecule has 3 aromatic rings. The van der Waals surface area contributed by atoms with E-state index in [4.69, 9.17) is 4.74 Å². The van der Waals surface area contributed by atoms with Crippen LogP contribution < -0.4 is 4.90 Å². The van der Waals surface area contributed by atoms with Crippen LogP contribution in [0.2, 0.25) is 0 Å². The lowest BCUT2D eigenvalue weighted by Gasteiger charge is -2.28. The summed E-state index contributed by atoms with van der Waals surface area (Å²) in [7, 11) is 0. The number of aromatic nitrogens is 3. The second-order valence-corrected chi connectivity index (χ2v) is 9.30. The van der Waals surface area contributed by atoms with Crippen LogP contribution in [0.15, 0.2) is 18.3 Å². The molecule has 1 amide bonds. The fraction of sp³-hybridized carbons (Fsp3) is 0.500. The summed E-state index contributed by atoms with van der Waals surface area (Å²) in [6.45, 7) is 6.29. The van der Waals surface area contributed by atoms with Crippen molar-refractivity contribution in [3.8, 4) is 11.4 Å². The predicted octanol–water partition coefficient (Wildman–Crippen LogP) is 4.79. The van der Waals surface area contributed by atoms with Gasteiger partial charge in [-0.05, 0) is 67.9 Å². The highest BCUT2D eigenvalue weighted by molar-refractivity contribution is 6.12. The Morgan fingerprint density at radius 1 is 1.15 bits per heavy atom. The lowest BCUT2D eigenvalue weighted by molar-refractivity contribution is -0.142. The largest absolute Gasteiger partial charge is 0.465 e. The quantitative estimate of drug-likeness (QED) is 0.508. The molecule has 0 unspecified atom stereocenters. The second-order valence-electron chi connectivity index (χ2n) is 9.30. The minimum Gasteiger partial charge on any atom is -0.465 e. The van der Waals surface area contributed by atoms with Gasteiger partial charge >= 0.3 is 5.97 Å². The molecule has 0 radical (unpaired) electrons. The smallest absolute Gasteiger partial charge is 0.326 e. The number of carbonyl (C=O) groups is 2. The van der Waals surface area contributed by atoms with Crippen molar-refractivity contribution in [2.24, 2.45) is 0 Å². The number of H-pyrrole nitrogens is 2. The molecule has 3 heterocycles. The van der Waals surface area contributed by atoms with Crippen molar-refractivity contribution in [3.05, 3.63) is 35.0 Å². The number of benzene rings is 1. The van der Waals surface area contributed by atoms with E-state index < -0.39 is 5.41 Å². The number of nitrogens with one attached hydrogen (secondary N) is 2. The molecule has 0 atom stereocenters. The van der Waals surface area contributed by atoms with E-state index in [1.807, 2.05) is 6.20 Å². The van der Waals surface area contributed by atoms with Gasteiger partial charge in [0.25, 0.3) is 0 Å². The molecule has 1 aliphatic carbocycles. The zero-order chi connectivity index (χ0) is 23.2. The molecule has 7 heteroatoms. The number of rotatable bonds is 7. The molecule has 0 saturated heterocycles. The fourth-order valence-corrected chi connectivity index (χ4v) is 5.98. The number of fused-ring (bicyclic) bond motifs is 6. The van der Waals surface area contributed by atoms with E-state index in [0.29, 0.717) is 6.61 Å². The maximum Gasteiger partial charge on any atom is 0.326 e. The molecule has 0 saturated carbocycles. The van der Waals surface area contributed by atoms with Crippen LogP contribution >= 0.6 is 0 Å². The number of aryl methyl sites for hydroxylation is 2. The number of hydrogen-bond acceptors (Lipinski definition) is 4. The normalized spacial score (nSPS) is 16.5.